The molecule has 1 N–H and O–H groups in total. The fraction of sp³-hybridized carbons (Fsp3) is 0.533. The number of benzene rings is 1. The van der Waals surface area contributed by atoms with Crippen LogP contribution in [0.25, 0.3) is 0 Å². The van der Waals surface area contributed by atoms with Crippen LogP contribution >= 0.6 is 15.9 Å². The van der Waals surface area contributed by atoms with Gasteiger partial charge in [-0.15, -0.1) is 0 Å². The van der Waals surface area contributed by atoms with E-state index in [0.29, 0.717) is 24.5 Å². The van der Waals surface area contributed by atoms with Gasteiger partial charge in [0.15, 0.2) is 0 Å². The Kier molecular flexibility index (Phi) is 3.63. The fourth-order valence-electron chi connectivity index (χ4n) is 3.32. The average Bonchev–Trinajstić information content (AvgIpc) is 3.03. The van der Waals surface area contributed by atoms with Crippen LogP contribution in [0.1, 0.15) is 24.8 Å². The second-order valence-corrected chi connectivity index (χ2v) is 6.63. The van der Waals surface area contributed by atoms with E-state index in [0.717, 1.165) is 17.3 Å². The third-order valence-electron chi connectivity index (χ3n) is 4.33. The fourth-order valence-corrected chi connectivity index (χ4v) is 3.59. The van der Waals surface area contributed by atoms with E-state index in [4.69, 9.17) is 0 Å². The summed E-state index contributed by atoms with van der Waals surface area (Å²) >= 11 is 3.43. The Morgan fingerprint density at radius 2 is 2.11 bits per heavy atom. The summed E-state index contributed by atoms with van der Waals surface area (Å²) in [4.78, 5) is 14.4. The highest BCUT2D eigenvalue weighted by molar-refractivity contribution is 9.10. The highest BCUT2D eigenvalue weighted by Gasteiger charge is 2.43. The van der Waals surface area contributed by atoms with Gasteiger partial charge in [0.05, 0.1) is 5.92 Å². The SMILES string of the molecule is CN(Cc1ccc(Br)cc1)C(=O)C1CC2CCC1N2. The lowest BCUT2D eigenvalue weighted by molar-refractivity contribution is -0.135. The molecular weight excluding hydrogens is 304 g/mol. The van der Waals surface area contributed by atoms with Gasteiger partial charge in [0, 0.05) is 30.1 Å². The van der Waals surface area contributed by atoms with E-state index in [1.54, 1.807) is 0 Å². The number of fused-ring (bicyclic) bond motifs is 2. The van der Waals surface area contributed by atoms with Gasteiger partial charge in [-0.05, 0) is 37.0 Å². The van der Waals surface area contributed by atoms with Crippen molar-refractivity contribution < 1.29 is 4.79 Å². The van der Waals surface area contributed by atoms with Gasteiger partial charge in [-0.25, -0.2) is 0 Å². The van der Waals surface area contributed by atoms with Crippen molar-refractivity contribution in [3.8, 4) is 0 Å². The van der Waals surface area contributed by atoms with Crippen LogP contribution in [0.15, 0.2) is 28.7 Å². The first-order valence-corrected chi connectivity index (χ1v) is 7.68. The number of amides is 1. The maximum atomic E-state index is 12.5. The minimum absolute atomic E-state index is 0.194. The molecule has 3 atom stereocenters. The standard InChI is InChI=1S/C15H19BrN2O/c1-18(9-10-2-4-11(16)5-3-10)15(19)13-8-12-6-7-14(13)17-12/h2-5,12-14,17H,6-9H2,1H3. The molecule has 2 bridgehead atoms. The predicted octanol–water partition coefficient (Wildman–Crippen LogP) is 2.55. The van der Waals surface area contributed by atoms with E-state index in [1.165, 1.54) is 12.0 Å². The van der Waals surface area contributed by atoms with Crippen molar-refractivity contribution in [2.45, 2.75) is 37.9 Å². The molecule has 3 unspecified atom stereocenters. The molecule has 1 aromatic rings. The first kappa shape index (κ1) is 13.1. The van der Waals surface area contributed by atoms with Gasteiger partial charge < -0.3 is 10.2 Å². The molecule has 0 radical (unpaired) electrons. The van der Waals surface area contributed by atoms with Crippen molar-refractivity contribution >= 4 is 21.8 Å². The summed E-state index contributed by atoms with van der Waals surface area (Å²) in [6, 6.07) is 9.17. The van der Waals surface area contributed by atoms with E-state index in [2.05, 4.69) is 33.4 Å². The average molecular weight is 323 g/mol. The zero-order chi connectivity index (χ0) is 13.4. The molecule has 4 heteroatoms. The largest absolute Gasteiger partial charge is 0.341 e. The Morgan fingerprint density at radius 1 is 1.37 bits per heavy atom. The summed E-state index contributed by atoms with van der Waals surface area (Å²) < 4.78 is 1.07. The Hall–Kier alpha value is -0.870. The van der Waals surface area contributed by atoms with E-state index >= 15 is 0 Å². The second-order valence-electron chi connectivity index (χ2n) is 5.71. The number of carbonyl (C=O) groups is 1. The van der Waals surface area contributed by atoms with Gasteiger partial charge >= 0.3 is 0 Å². The van der Waals surface area contributed by atoms with Crippen molar-refractivity contribution in [2.24, 2.45) is 5.92 Å². The molecule has 2 aliphatic rings. The van der Waals surface area contributed by atoms with Gasteiger partial charge in [-0.3, -0.25) is 4.79 Å². The van der Waals surface area contributed by atoms with Gasteiger partial charge in [0.2, 0.25) is 5.91 Å². The minimum atomic E-state index is 0.194. The Morgan fingerprint density at radius 3 is 2.68 bits per heavy atom. The number of nitrogens with one attached hydrogen (secondary N) is 1. The van der Waals surface area contributed by atoms with Crippen molar-refractivity contribution in [1.29, 1.82) is 0 Å². The number of hydrogen-bond donors (Lipinski definition) is 1. The van der Waals surface area contributed by atoms with Crippen molar-refractivity contribution in [1.82, 2.24) is 10.2 Å². The minimum Gasteiger partial charge on any atom is -0.341 e. The zero-order valence-electron chi connectivity index (χ0n) is 11.1. The molecule has 3 nitrogen and oxygen atoms in total. The maximum absolute atomic E-state index is 12.5. The number of carbonyl (C=O) groups excluding carboxylic acids is 1. The lowest BCUT2D eigenvalue weighted by Crippen LogP contribution is -2.38. The molecule has 2 aliphatic heterocycles. The Labute approximate surface area is 122 Å². The molecule has 102 valence electrons. The predicted molar refractivity (Wildman–Crippen MR) is 78.7 cm³/mol. The van der Waals surface area contributed by atoms with Crippen molar-refractivity contribution in [3.05, 3.63) is 34.3 Å². The Balaban J connectivity index is 1.62. The van der Waals surface area contributed by atoms with Crippen LogP contribution in [-0.2, 0) is 11.3 Å². The third kappa shape index (κ3) is 2.70. The normalized spacial score (nSPS) is 28.6. The molecule has 1 amide bonds. The quantitative estimate of drug-likeness (QED) is 0.927. The van der Waals surface area contributed by atoms with Crippen LogP contribution in [0, 0.1) is 5.92 Å². The number of rotatable bonds is 3. The van der Waals surface area contributed by atoms with Crippen LogP contribution in [0.4, 0.5) is 0 Å². The molecule has 2 fully saturated rings. The third-order valence-corrected chi connectivity index (χ3v) is 4.86. The van der Waals surface area contributed by atoms with Gasteiger partial charge in [-0.1, -0.05) is 28.1 Å². The van der Waals surface area contributed by atoms with E-state index in [1.807, 2.05) is 24.1 Å². The summed E-state index contributed by atoms with van der Waals surface area (Å²) in [5.74, 6) is 0.488. The van der Waals surface area contributed by atoms with Crippen LogP contribution in [0.5, 0.6) is 0 Å². The maximum Gasteiger partial charge on any atom is 0.227 e. The number of halogens is 1. The van der Waals surface area contributed by atoms with Crippen LogP contribution in [-0.4, -0.2) is 29.9 Å². The number of hydrogen-bond acceptors (Lipinski definition) is 2. The molecular formula is C15H19BrN2O. The summed E-state index contributed by atoms with van der Waals surface area (Å²) in [7, 11) is 1.91. The molecule has 0 aromatic heterocycles. The smallest absolute Gasteiger partial charge is 0.227 e. The van der Waals surface area contributed by atoms with Gasteiger partial charge in [-0.2, -0.15) is 0 Å². The zero-order valence-corrected chi connectivity index (χ0v) is 12.7. The highest BCUT2D eigenvalue weighted by atomic mass is 79.9. The topological polar surface area (TPSA) is 32.3 Å². The molecule has 2 saturated heterocycles. The van der Waals surface area contributed by atoms with Gasteiger partial charge in [0.1, 0.15) is 0 Å². The molecule has 1 aromatic carbocycles. The monoisotopic (exact) mass is 322 g/mol. The lowest BCUT2D eigenvalue weighted by atomic mass is 9.88. The van der Waals surface area contributed by atoms with Gasteiger partial charge in [0.25, 0.3) is 0 Å². The summed E-state index contributed by atoms with van der Waals surface area (Å²) in [5.41, 5.74) is 1.18. The van der Waals surface area contributed by atoms with E-state index in [-0.39, 0.29) is 5.92 Å². The highest BCUT2D eigenvalue weighted by Crippen LogP contribution is 2.34. The first-order valence-electron chi connectivity index (χ1n) is 6.89. The molecule has 0 spiro atoms. The van der Waals surface area contributed by atoms with E-state index < -0.39 is 0 Å². The van der Waals surface area contributed by atoms with Crippen LogP contribution in [0.2, 0.25) is 0 Å². The molecule has 3 rings (SSSR count). The number of nitrogens with zero attached hydrogens (tertiary/aromatic N) is 1. The molecule has 2 heterocycles. The first-order chi connectivity index (χ1) is 9.13. The molecule has 19 heavy (non-hydrogen) atoms. The van der Waals surface area contributed by atoms with E-state index in [9.17, 15) is 4.79 Å². The van der Waals surface area contributed by atoms with Crippen molar-refractivity contribution in [3.63, 3.8) is 0 Å². The summed E-state index contributed by atoms with van der Waals surface area (Å²) in [5, 5.41) is 3.53. The molecule has 0 saturated carbocycles. The summed E-state index contributed by atoms with van der Waals surface area (Å²) in [6.45, 7) is 0.694. The lowest BCUT2D eigenvalue weighted by Gasteiger charge is -2.25. The second kappa shape index (κ2) is 5.25. The Bertz CT molecular complexity index is 474. The van der Waals surface area contributed by atoms with Crippen molar-refractivity contribution in [2.75, 3.05) is 7.05 Å². The summed E-state index contributed by atoms with van der Waals surface area (Å²) in [6.07, 6.45) is 3.42. The van der Waals surface area contributed by atoms with Crippen LogP contribution in [0.3, 0.4) is 0 Å². The van der Waals surface area contributed by atoms with Crippen LogP contribution < -0.4 is 5.32 Å². The molecule has 0 aliphatic carbocycles.